The van der Waals surface area contributed by atoms with E-state index in [4.69, 9.17) is 4.74 Å². The summed E-state index contributed by atoms with van der Waals surface area (Å²) in [7, 11) is 0. The van der Waals surface area contributed by atoms with Crippen molar-refractivity contribution in [3.63, 3.8) is 0 Å². The van der Waals surface area contributed by atoms with Gasteiger partial charge in [0, 0.05) is 12.6 Å². The Labute approximate surface area is 75.2 Å². The molecule has 1 aliphatic heterocycles. The molecule has 0 unspecified atom stereocenters. The van der Waals surface area contributed by atoms with E-state index < -0.39 is 0 Å². The van der Waals surface area contributed by atoms with E-state index in [-0.39, 0.29) is 0 Å². The molecule has 0 bridgehead atoms. The maximum Gasteiger partial charge on any atom is 0.188 e. The monoisotopic (exact) mass is 169 g/mol. The Hall–Kier alpha value is -0.660. The van der Waals surface area contributed by atoms with Crippen LogP contribution in [0.1, 0.15) is 34.1 Å². The van der Waals surface area contributed by atoms with Crippen LogP contribution in [0.25, 0.3) is 0 Å². The normalized spacial score (nSPS) is 18.1. The van der Waals surface area contributed by atoms with Gasteiger partial charge in [0.1, 0.15) is 0 Å². The topological polar surface area (TPSA) is 12.5 Å². The summed E-state index contributed by atoms with van der Waals surface area (Å²) < 4.78 is 5.62. The van der Waals surface area contributed by atoms with Crippen LogP contribution in [0.4, 0.5) is 0 Å². The number of hydrogen-bond donors (Lipinski definition) is 0. The fourth-order valence-corrected chi connectivity index (χ4v) is 1.51. The summed E-state index contributed by atoms with van der Waals surface area (Å²) in [5.74, 6) is 1.09. The largest absolute Gasteiger partial charge is 0.479 e. The van der Waals surface area contributed by atoms with Crippen LogP contribution in [0.3, 0.4) is 0 Å². The van der Waals surface area contributed by atoms with Crippen molar-refractivity contribution in [1.29, 1.82) is 0 Å². The van der Waals surface area contributed by atoms with Crippen molar-refractivity contribution < 1.29 is 4.74 Å². The van der Waals surface area contributed by atoms with Gasteiger partial charge >= 0.3 is 0 Å². The number of ether oxygens (including phenoxy) is 1. The summed E-state index contributed by atoms with van der Waals surface area (Å²) in [4.78, 5) is 2.33. The third-order valence-corrected chi connectivity index (χ3v) is 2.09. The Balaban J connectivity index is 2.75. The zero-order chi connectivity index (χ0) is 9.14. The summed E-state index contributed by atoms with van der Waals surface area (Å²) >= 11 is 0. The van der Waals surface area contributed by atoms with Gasteiger partial charge in [-0.15, -0.1) is 0 Å². The van der Waals surface area contributed by atoms with Gasteiger partial charge in [-0.3, -0.25) is 0 Å². The summed E-state index contributed by atoms with van der Waals surface area (Å²) in [6, 6.07) is 0.551. The van der Waals surface area contributed by atoms with Gasteiger partial charge in [-0.25, -0.2) is 0 Å². The lowest BCUT2D eigenvalue weighted by Gasteiger charge is -2.35. The minimum atomic E-state index is 0.551. The fraction of sp³-hybridized carbons (Fsp3) is 0.800. The van der Waals surface area contributed by atoms with E-state index >= 15 is 0 Å². The lowest BCUT2D eigenvalue weighted by molar-refractivity contribution is 0.0442. The standard InChI is InChI=1S/C10H19NO/c1-8(2)10-11(9(3)4)6-5-7-12-10/h9H,5-7H2,1-4H3. The van der Waals surface area contributed by atoms with Crippen LogP contribution in [0.5, 0.6) is 0 Å². The molecule has 0 atom stereocenters. The van der Waals surface area contributed by atoms with Crippen molar-refractivity contribution in [3.8, 4) is 0 Å². The summed E-state index contributed by atoms with van der Waals surface area (Å²) in [6.45, 7) is 10.6. The van der Waals surface area contributed by atoms with Crippen molar-refractivity contribution in [1.82, 2.24) is 4.90 Å². The lowest BCUT2D eigenvalue weighted by Crippen LogP contribution is -2.37. The van der Waals surface area contributed by atoms with Crippen molar-refractivity contribution in [2.24, 2.45) is 0 Å². The van der Waals surface area contributed by atoms with Crippen LogP contribution < -0.4 is 0 Å². The Kier molecular flexibility index (Phi) is 3.01. The summed E-state index contributed by atoms with van der Waals surface area (Å²) in [5, 5.41) is 0. The molecule has 0 saturated carbocycles. The van der Waals surface area contributed by atoms with Crippen molar-refractivity contribution in [3.05, 3.63) is 11.5 Å². The van der Waals surface area contributed by atoms with Gasteiger partial charge < -0.3 is 9.64 Å². The molecule has 1 aliphatic rings. The highest BCUT2D eigenvalue weighted by atomic mass is 16.5. The molecule has 2 heteroatoms. The van der Waals surface area contributed by atoms with Crippen LogP contribution in [-0.2, 0) is 4.74 Å². The predicted octanol–water partition coefficient (Wildman–Crippen LogP) is 2.37. The summed E-state index contributed by atoms with van der Waals surface area (Å²) in [5.41, 5.74) is 1.28. The number of hydrogen-bond acceptors (Lipinski definition) is 2. The summed E-state index contributed by atoms with van der Waals surface area (Å²) in [6.07, 6.45) is 1.15. The van der Waals surface area contributed by atoms with E-state index in [9.17, 15) is 0 Å². The quantitative estimate of drug-likeness (QED) is 0.597. The van der Waals surface area contributed by atoms with E-state index in [2.05, 4.69) is 32.6 Å². The van der Waals surface area contributed by atoms with Gasteiger partial charge in [-0.2, -0.15) is 0 Å². The van der Waals surface area contributed by atoms with Crippen LogP contribution in [0, 0.1) is 0 Å². The zero-order valence-electron chi connectivity index (χ0n) is 8.55. The van der Waals surface area contributed by atoms with Crippen LogP contribution in [0.2, 0.25) is 0 Å². The SMILES string of the molecule is CC(C)=C1OCCCN1C(C)C. The van der Waals surface area contributed by atoms with Crippen LogP contribution >= 0.6 is 0 Å². The van der Waals surface area contributed by atoms with E-state index in [0.717, 1.165) is 25.5 Å². The number of nitrogens with zero attached hydrogens (tertiary/aromatic N) is 1. The molecule has 2 nitrogen and oxygen atoms in total. The molecule has 1 rings (SSSR count). The molecule has 0 aromatic heterocycles. The zero-order valence-corrected chi connectivity index (χ0v) is 8.55. The number of rotatable bonds is 1. The van der Waals surface area contributed by atoms with Gasteiger partial charge in [0.25, 0.3) is 0 Å². The van der Waals surface area contributed by atoms with E-state index in [1.54, 1.807) is 0 Å². The Morgan fingerprint density at radius 2 is 2.08 bits per heavy atom. The van der Waals surface area contributed by atoms with Crippen LogP contribution in [0.15, 0.2) is 11.5 Å². The van der Waals surface area contributed by atoms with Crippen LogP contribution in [-0.4, -0.2) is 24.1 Å². The average Bonchev–Trinajstić information content (AvgIpc) is 2.04. The minimum absolute atomic E-state index is 0.551. The van der Waals surface area contributed by atoms with E-state index in [0.29, 0.717) is 6.04 Å². The first-order valence-corrected chi connectivity index (χ1v) is 4.70. The van der Waals surface area contributed by atoms with E-state index in [1.807, 2.05) is 0 Å². The first-order chi connectivity index (χ1) is 5.63. The smallest absolute Gasteiger partial charge is 0.188 e. The molecule has 0 radical (unpaired) electrons. The first-order valence-electron chi connectivity index (χ1n) is 4.70. The minimum Gasteiger partial charge on any atom is -0.479 e. The molecule has 1 fully saturated rings. The van der Waals surface area contributed by atoms with Gasteiger partial charge in [-0.1, -0.05) is 0 Å². The second kappa shape index (κ2) is 3.83. The third kappa shape index (κ3) is 1.93. The molecule has 1 saturated heterocycles. The molecule has 0 spiro atoms. The first kappa shape index (κ1) is 9.43. The Morgan fingerprint density at radius 1 is 1.42 bits per heavy atom. The maximum absolute atomic E-state index is 5.62. The highest BCUT2D eigenvalue weighted by molar-refractivity contribution is 5.04. The predicted molar refractivity (Wildman–Crippen MR) is 50.8 cm³/mol. The number of allylic oxidation sites excluding steroid dienone is 1. The Bertz CT molecular complexity index is 180. The van der Waals surface area contributed by atoms with Gasteiger partial charge in [0.2, 0.25) is 0 Å². The third-order valence-electron chi connectivity index (χ3n) is 2.09. The molecule has 0 aliphatic carbocycles. The average molecular weight is 169 g/mol. The second-order valence-electron chi connectivity index (χ2n) is 3.79. The van der Waals surface area contributed by atoms with Crippen molar-refractivity contribution >= 4 is 0 Å². The highest BCUT2D eigenvalue weighted by Crippen LogP contribution is 2.19. The maximum atomic E-state index is 5.62. The molecule has 12 heavy (non-hydrogen) atoms. The van der Waals surface area contributed by atoms with Gasteiger partial charge in [0.15, 0.2) is 5.88 Å². The van der Waals surface area contributed by atoms with Gasteiger partial charge in [0.05, 0.1) is 6.61 Å². The van der Waals surface area contributed by atoms with E-state index in [1.165, 1.54) is 5.57 Å². The molecule has 0 aromatic carbocycles. The second-order valence-corrected chi connectivity index (χ2v) is 3.79. The molecule has 0 aromatic rings. The fourth-order valence-electron chi connectivity index (χ4n) is 1.51. The Morgan fingerprint density at radius 3 is 2.50 bits per heavy atom. The molecular weight excluding hydrogens is 150 g/mol. The lowest BCUT2D eigenvalue weighted by atomic mass is 10.2. The molecule has 70 valence electrons. The van der Waals surface area contributed by atoms with Gasteiger partial charge in [-0.05, 0) is 39.7 Å². The van der Waals surface area contributed by atoms with Crippen molar-refractivity contribution in [2.75, 3.05) is 13.2 Å². The molecule has 0 amide bonds. The molecule has 0 N–H and O–H groups in total. The van der Waals surface area contributed by atoms with Crippen molar-refractivity contribution in [2.45, 2.75) is 40.2 Å². The highest BCUT2D eigenvalue weighted by Gasteiger charge is 2.19. The molecular formula is C10H19NO. The molecule has 1 heterocycles.